The Kier molecular flexibility index (Phi) is 7.54. The minimum absolute atomic E-state index is 0.252. The summed E-state index contributed by atoms with van der Waals surface area (Å²) < 4.78 is 25.8. The van der Waals surface area contributed by atoms with Crippen molar-refractivity contribution in [3.05, 3.63) is 56.7 Å². The fourth-order valence-electron chi connectivity index (χ4n) is 3.24. The van der Waals surface area contributed by atoms with Crippen LogP contribution in [0.25, 0.3) is 21.8 Å². The Labute approximate surface area is 167 Å². The number of fused-ring (bicyclic) bond motifs is 3. The summed E-state index contributed by atoms with van der Waals surface area (Å²) in [6.45, 7) is 12.2. The standard InChI is InChI=1S/C16H16N2.2C3H7.2FH.Sn/c1-9-7-17-15-13(11(9)3)5-6-14-12(4)10(2)8-18-16(14)15;2*1-3-2;;;/h5-8H,1-4H3;2*1,3H2,2H3;2*1H;/q-2;;;;;+2/p-2. The average molecular weight is 479 g/mol. The van der Waals surface area contributed by atoms with Gasteiger partial charge in [-0.05, 0) is 49.3 Å². The van der Waals surface area contributed by atoms with E-state index in [9.17, 15) is 5.73 Å². The molecular formula is C22H30F2N2Sn-2. The topological polar surface area (TPSA) is 28.2 Å². The van der Waals surface area contributed by atoms with Gasteiger partial charge in [-0.2, -0.15) is 12.4 Å². The second kappa shape index (κ2) is 9.26. The van der Waals surface area contributed by atoms with E-state index in [0.29, 0.717) is 12.8 Å². The van der Waals surface area contributed by atoms with Crippen molar-refractivity contribution < 1.29 is 5.73 Å². The van der Waals surface area contributed by atoms with Crippen molar-refractivity contribution in [2.75, 3.05) is 0 Å². The first-order valence-electron chi connectivity index (χ1n) is 9.70. The molecule has 148 valence electrons. The van der Waals surface area contributed by atoms with Crippen molar-refractivity contribution in [1.82, 2.24) is 0 Å². The van der Waals surface area contributed by atoms with Crippen molar-refractivity contribution in [3.63, 3.8) is 0 Å². The molecule has 0 fully saturated rings. The molecule has 0 atom stereocenters. The molecule has 2 heterocycles. The number of benzene rings is 1. The molecule has 0 saturated carbocycles. The monoisotopic (exact) mass is 480 g/mol. The van der Waals surface area contributed by atoms with Gasteiger partial charge in [0.2, 0.25) is 0 Å². The third-order valence-electron chi connectivity index (χ3n) is 5.15. The Balaban J connectivity index is 0.000000249. The first-order valence-corrected chi connectivity index (χ1v) is 15.9. The molecular weight excluding hydrogens is 449 g/mol. The predicted octanol–water partition coefficient (Wildman–Crippen LogP) is 7.06. The van der Waals surface area contributed by atoms with Crippen LogP contribution in [0.3, 0.4) is 0 Å². The molecule has 0 aromatic heterocycles. The van der Waals surface area contributed by atoms with Gasteiger partial charge in [0, 0.05) is 0 Å². The summed E-state index contributed by atoms with van der Waals surface area (Å²) in [4.78, 5) is 0. The number of nitrogens with zero attached hydrogens (tertiary/aromatic N) is 2. The van der Waals surface area contributed by atoms with Crippen LogP contribution in [0.15, 0.2) is 35.7 Å². The third-order valence-corrected chi connectivity index (χ3v) is 12.2. The van der Waals surface area contributed by atoms with E-state index in [4.69, 9.17) is 0 Å². The summed E-state index contributed by atoms with van der Waals surface area (Å²) in [7, 11) is 0. The van der Waals surface area contributed by atoms with E-state index in [1.807, 2.05) is 26.2 Å². The van der Waals surface area contributed by atoms with Gasteiger partial charge in [-0.1, -0.05) is 23.3 Å². The molecule has 2 aliphatic heterocycles. The predicted molar refractivity (Wildman–Crippen MR) is 116 cm³/mol. The van der Waals surface area contributed by atoms with Gasteiger partial charge in [0.25, 0.3) is 0 Å². The van der Waals surface area contributed by atoms with E-state index in [1.54, 1.807) is 0 Å². The average Bonchev–Trinajstić information content (AvgIpc) is 2.61. The van der Waals surface area contributed by atoms with E-state index in [1.165, 1.54) is 32.7 Å². The number of hydrogen-bond acceptors (Lipinski definition) is 0. The van der Waals surface area contributed by atoms with Gasteiger partial charge in [0.1, 0.15) is 0 Å². The van der Waals surface area contributed by atoms with Crippen LogP contribution in [0, 0.1) is 0 Å². The molecule has 0 saturated heterocycles. The van der Waals surface area contributed by atoms with Crippen LogP contribution >= 0.6 is 0 Å². The summed E-state index contributed by atoms with van der Waals surface area (Å²) >= 11 is -4.37. The van der Waals surface area contributed by atoms with Crippen LogP contribution in [0.4, 0.5) is 17.1 Å². The van der Waals surface area contributed by atoms with Crippen LogP contribution in [0.1, 0.15) is 54.4 Å². The molecule has 0 spiro atoms. The quantitative estimate of drug-likeness (QED) is 0.414. The van der Waals surface area contributed by atoms with Crippen molar-refractivity contribution in [3.8, 4) is 0 Å². The maximum atomic E-state index is 12.6. The van der Waals surface area contributed by atoms with E-state index in [2.05, 4.69) is 50.5 Å². The zero-order valence-corrected chi connectivity index (χ0v) is 20.1. The van der Waals surface area contributed by atoms with Gasteiger partial charge < -0.3 is 10.6 Å². The first kappa shape index (κ1) is 22.0. The molecule has 5 heteroatoms. The molecule has 0 bridgehead atoms. The van der Waals surface area contributed by atoms with Gasteiger partial charge in [-0.15, -0.1) is 11.4 Å². The van der Waals surface area contributed by atoms with Crippen LogP contribution < -0.4 is 10.4 Å². The first-order chi connectivity index (χ1) is 12.7. The minimum atomic E-state index is -4.37. The summed E-state index contributed by atoms with van der Waals surface area (Å²) in [5.74, 6) is 0. The Bertz CT molecular complexity index is 811. The normalized spacial score (nSPS) is 15.4. The summed E-state index contributed by atoms with van der Waals surface area (Å²) in [5, 5.41) is 11.6. The van der Waals surface area contributed by atoms with Crippen LogP contribution in [0.5, 0.6) is 0 Å². The number of hydrogen-bond donors (Lipinski definition) is 0. The zero-order chi connectivity index (χ0) is 20.2. The molecule has 2 nitrogen and oxygen atoms in total. The van der Waals surface area contributed by atoms with Crippen molar-refractivity contribution in [1.29, 1.82) is 0 Å². The molecule has 0 unspecified atom stereocenters. The molecule has 1 aromatic rings. The van der Waals surface area contributed by atoms with Gasteiger partial charge in [0.05, 0.1) is 0 Å². The molecule has 0 N–H and O–H groups in total. The second-order valence-electron chi connectivity index (χ2n) is 7.35. The molecule has 27 heavy (non-hydrogen) atoms. The molecule has 1 aromatic carbocycles. The maximum absolute atomic E-state index is 12.6. The van der Waals surface area contributed by atoms with Crippen LogP contribution in [0.2, 0.25) is 8.87 Å². The zero-order valence-electron chi connectivity index (χ0n) is 17.3. The van der Waals surface area contributed by atoms with Crippen LogP contribution in [-0.4, -0.2) is 19.5 Å². The van der Waals surface area contributed by atoms with Gasteiger partial charge in [-0.3, -0.25) is 0 Å². The summed E-state index contributed by atoms with van der Waals surface area (Å²) in [6, 6.07) is 4.34. The Morgan fingerprint density at radius 1 is 0.741 bits per heavy atom. The van der Waals surface area contributed by atoms with E-state index < -0.39 is 19.5 Å². The second-order valence-corrected chi connectivity index (χ2v) is 15.1. The number of allylic oxidation sites excluding steroid dienone is 2. The fourth-order valence-corrected chi connectivity index (χ4v) is 8.13. The fraction of sp³-hybridized carbons (Fsp3) is 0.455. The van der Waals surface area contributed by atoms with E-state index >= 15 is 0 Å². The van der Waals surface area contributed by atoms with Gasteiger partial charge in [0.15, 0.2) is 0 Å². The SMILES string of the molecule is CC1=C[N-]c2c3c(ccc2=C1C)=C(C)C(C)=C[N-]3.CC[CH2][Sn]([F])([F])[CH2]CC. The van der Waals surface area contributed by atoms with Gasteiger partial charge >= 0.3 is 60.8 Å². The van der Waals surface area contributed by atoms with E-state index in [-0.39, 0.29) is 8.87 Å². The molecule has 0 amide bonds. The van der Waals surface area contributed by atoms with Crippen molar-refractivity contribution >= 4 is 42.0 Å². The molecule has 2 aliphatic rings. The number of rotatable bonds is 4. The van der Waals surface area contributed by atoms with E-state index in [0.717, 1.165) is 11.4 Å². The Hall–Kier alpha value is -1.30. The van der Waals surface area contributed by atoms with Gasteiger partial charge in [-0.25, -0.2) is 0 Å². The molecule has 0 aliphatic carbocycles. The van der Waals surface area contributed by atoms with Crippen molar-refractivity contribution in [2.24, 2.45) is 0 Å². The number of halogens is 2. The van der Waals surface area contributed by atoms with Crippen molar-refractivity contribution in [2.45, 2.75) is 63.3 Å². The Morgan fingerprint density at radius 2 is 1.11 bits per heavy atom. The Morgan fingerprint density at radius 3 is 1.44 bits per heavy atom. The summed E-state index contributed by atoms with van der Waals surface area (Å²) in [5.41, 5.74) is 7.07. The summed E-state index contributed by atoms with van der Waals surface area (Å²) in [6.07, 6.45) is 5.22. The van der Waals surface area contributed by atoms with Crippen LogP contribution in [-0.2, 0) is 0 Å². The third kappa shape index (κ3) is 5.15. The molecule has 3 rings (SSSR count). The molecule has 0 radical (unpaired) electrons.